The second kappa shape index (κ2) is 7.66. The lowest BCUT2D eigenvalue weighted by Gasteiger charge is -2.69. The van der Waals surface area contributed by atoms with Gasteiger partial charge in [-0.1, -0.05) is 27.7 Å². The molecule has 7 rings (SSSR count). The van der Waals surface area contributed by atoms with Crippen LogP contribution < -0.4 is 0 Å². The molecule has 7 aliphatic rings. The van der Waals surface area contributed by atoms with Gasteiger partial charge in [-0.25, -0.2) is 0 Å². The van der Waals surface area contributed by atoms with Gasteiger partial charge in [0.2, 0.25) is 12.6 Å². The van der Waals surface area contributed by atoms with Crippen LogP contribution >= 0.6 is 0 Å². The summed E-state index contributed by atoms with van der Waals surface area (Å²) in [5.74, 6) is -1.02. The van der Waals surface area contributed by atoms with Gasteiger partial charge in [-0.05, 0) is 37.2 Å². The van der Waals surface area contributed by atoms with Crippen molar-refractivity contribution in [3.05, 3.63) is 12.3 Å². The van der Waals surface area contributed by atoms with Crippen molar-refractivity contribution in [2.75, 3.05) is 6.61 Å². The average molecular weight is 493 g/mol. The number of carbonyl (C=O) groups excluding carboxylic acids is 2. The molecule has 6 fully saturated rings. The molecule has 0 unspecified atom stereocenters. The standard InChI is InChI=1S/C26H36O9/c1-12(2)21(29)35-23-26-17(10-16(33-23)20(28)25(26)11-31-25)24(5,13(3)8-19(26)32-14(4)27)18-9-15-6-7-30-22(15)34-18/h6-7,12-13,15-20,22-23,28H,8-11H2,1-5H3/t13-,15-,16-,17-,18+,19+,20+,22-,23-,24+,25-,26-/m1/s1. The maximum atomic E-state index is 12.9. The predicted octanol–water partition coefficient (Wildman–Crippen LogP) is 2.30. The molecule has 0 amide bonds. The lowest BCUT2D eigenvalue weighted by atomic mass is 9.40. The van der Waals surface area contributed by atoms with Crippen LogP contribution in [0.2, 0.25) is 0 Å². The van der Waals surface area contributed by atoms with Crippen molar-refractivity contribution < 1.29 is 43.1 Å². The van der Waals surface area contributed by atoms with E-state index in [-0.39, 0.29) is 41.5 Å². The number of fused-ring (bicyclic) bond motifs is 2. The van der Waals surface area contributed by atoms with Gasteiger partial charge < -0.3 is 33.5 Å². The number of aliphatic hydroxyl groups is 1. The number of aliphatic hydroxyl groups excluding tert-OH is 1. The Bertz CT molecular complexity index is 943. The fraction of sp³-hybridized carbons (Fsp3) is 0.846. The number of ether oxygens (including phenoxy) is 6. The first kappa shape index (κ1) is 23.7. The Kier molecular flexibility index (Phi) is 5.19. The Hall–Kier alpha value is -1.68. The van der Waals surface area contributed by atoms with Crippen molar-refractivity contribution in [1.29, 1.82) is 0 Å². The number of hydrogen-bond acceptors (Lipinski definition) is 9. The maximum Gasteiger partial charge on any atom is 0.310 e. The monoisotopic (exact) mass is 492 g/mol. The van der Waals surface area contributed by atoms with Crippen molar-refractivity contribution in [1.82, 2.24) is 0 Å². The zero-order valence-electron chi connectivity index (χ0n) is 21.0. The molecular weight excluding hydrogens is 456 g/mol. The first-order valence-electron chi connectivity index (χ1n) is 12.9. The van der Waals surface area contributed by atoms with Gasteiger partial charge in [-0.15, -0.1) is 0 Å². The predicted molar refractivity (Wildman–Crippen MR) is 119 cm³/mol. The lowest BCUT2D eigenvalue weighted by molar-refractivity contribution is -0.396. The highest BCUT2D eigenvalue weighted by Gasteiger charge is 2.86. The highest BCUT2D eigenvalue weighted by Crippen LogP contribution is 2.74. The van der Waals surface area contributed by atoms with Crippen LogP contribution in [0.3, 0.4) is 0 Å². The lowest BCUT2D eigenvalue weighted by Crippen LogP contribution is -2.80. The summed E-state index contributed by atoms with van der Waals surface area (Å²) in [5, 5.41) is 11.4. The minimum absolute atomic E-state index is 0.115. The van der Waals surface area contributed by atoms with Gasteiger partial charge in [-0.3, -0.25) is 9.59 Å². The first-order valence-corrected chi connectivity index (χ1v) is 12.9. The minimum atomic E-state index is -1.06. The summed E-state index contributed by atoms with van der Waals surface area (Å²) >= 11 is 0. The van der Waals surface area contributed by atoms with Crippen LogP contribution in [0.15, 0.2) is 12.3 Å². The largest absolute Gasteiger partial charge is 0.472 e. The molecule has 0 aromatic heterocycles. The van der Waals surface area contributed by atoms with Crippen LogP contribution in [-0.2, 0) is 38.0 Å². The van der Waals surface area contributed by atoms with Gasteiger partial charge in [0.1, 0.15) is 23.2 Å². The SMILES string of the molecule is CC(=O)O[C@H]1C[C@@H](C)[C@](C)([C@@H]2C[C@H]3C=CO[C@@H]3O2)[C@H]2C[C@H]3O[C@H](OC(=O)C(C)C)[C@]12[C@@]1(CO1)[C@H]3O. The van der Waals surface area contributed by atoms with Crippen molar-refractivity contribution in [2.45, 2.75) is 96.5 Å². The topological polar surface area (TPSA) is 113 Å². The van der Waals surface area contributed by atoms with Gasteiger partial charge in [0.15, 0.2) is 0 Å². The Labute approximate surface area is 205 Å². The van der Waals surface area contributed by atoms with E-state index < -0.39 is 47.6 Å². The van der Waals surface area contributed by atoms with E-state index in [4.69, 9.17) is 28.4 Å². The van der Waals surface area contributed by atoms with Gasteiger partial charge in [0.25, 0.3) is 0 Å². The Balaban J connectivity index is 1.48. The molecule has 2 bridgehead atoms. The van der Waals surface area contributed by atoms with E-state index in [1.165, 1.54) is 6.92 Å². The third-order valence-corrected chi connectivity index (χ3v) is 10.0. The summed E-state index contributed by atoms with van der Waals surface area (Å²) in [6, 6.07) is 0. The van der Waals surface area contributed by atoms with Gasteiger partial charge >= 0.3 is 11.9 Å². The summed E-state index contributed by atoms with van der Waals surface area (Å²) in [6.07, 6.45) is 2.09. The first-order chi connectivity index (χ1) is 16.6. The molecule has 12 atom stereocenters. The quantitative estimate of drug-likeness (QED) is 0.466. The fourth-order valence-corrected chi connectivity index (χ4v) is 8.06. The zero-order chi connectivity index (χ0) is 24.9. The molecule has 0 radical (unpaired) electrons. The summed E-state index contributed by atoms with van der Waals surface area (Å²) in [6.45, 7) is 9.63. The summed E-state index contributed by atoms with van der Waals surface area (Å²) in [4.78, 5) is 25.2. The smallest absolute Gasteiger partial charge is 0.310 e. The molecule has 5 aliphatic heterocycles. The van der Waals surface area contributed by atoms with E-state index in [9.17, 15) is 14.7 Å². The molecule has 9 nitrogen and oxygen atoms in total. The summed E-state index contributed by atoms with van der Waals surface area (Å²) in [5.41, 5.74) is -2.45. The van der Waals surface area contributed by atoms with Crippen LogP contribution in [0.1, 0.15) is 53.9 Å². The third-order valence-electron chi connectivity index (χ3n) is 10.0. The summed E-state index contributed by atoms with van der Waals surface area (Å²) < 4.78 is 36.6. The Morgan fingerprint density at radius 1 is 1.14 bits per heavy atom. The van der Waals surface area contributed by atoms with Gasteiger partial charge in [0, 0.05) is 18.3 Å². The maximum absolute atomic E-state index is 12.9. The molecular formula is C26H36O9. The minimum Gasteiger partial charge on any atom is -0.472 e. The normalized spacial score (nSPS) is 53.3. The molecule has 4 saturated heterocycles. The highest BCUT2D eigenvalue weighted by atomic mass is 16.7. The van der Waals surface area contributed by atoms with Crippen molar-refractivity contribution in [3.8, 4) is 0 Å². The second-order valence-corrected chi connectivity index (χ2v) is 11.9. The molecule has 194 valence electrons. The Morgan fingerprint density at radius 2 is 1.89 bits per heavy atom. The molecule has 2 saturated carbocycles. The van der Waals surface area contributed by atoms with Gasteiger partial charge in [-0.2, -0.15) is 0 Å². The number of esters is 2. The van der Waals surface area contributed by atoms with E-state index >= 15 is 0 Å². The number of epoxide rings is 1. The van der Waals surface area contributed by atoms with Gasteiger partial charge in [0.05, 0.1) is 31.0 Å². The average Bonchev–Trinajstić information content (AvgIpc) is 3.28. The van der Waals surface area contributed by atoms with Crippen LogP contribution in [0, 0.1) is 34.5 Å². The van der Waals surface area contributed by atoms with Crippen LogP contribution in [0.5, 0.6) is 0 Å². The van der Waals surface area contributed by atoms with Crippen molar-refractivity contribution in [3.63, 3.8) is 0 Å². The fourth-order valence-electron chi connectivity index (χ4n) is 8.06. The number of hydrogen-bond donors (Lipinski definition) is 1. The van der Waals surface area contributed by atoms with E-state index in [0.717, 1.165) is 6.42 Å². The van der Waals surface area contributed by atoms with Crippen molar-refractivity contribution in [2.24, 2.45) is 34.5 Å². The van der Waals surface area contributed by atoms with E-state index in [1.54, 1.807) is 20.1 Å². The van der Waals surface area contributed by atoms with Crippen LogP contribution in [-0.4, -0.2) is 66.2 Å². The van der Waals surface area contributed by atoms with E-state index in [0.29, 0.717) is 19.4 Å². The second-order valence-electron chi connectivity index (χ2n) is 11.9. The molecule has 1 N–H and O–H groups in total. The molecule has 2 spiro atoms. The molecule has 2 aliphatic carbocycles. The third kappa shape index (κ3) is 2.95. The highest BCUT2D eigenvalue weighted by molar-refractivity contribution is 5.72. The zero-order valence-corrected chi connectivity index (χ0v) is 21.0. The molecule has 5 heterocycles. The number of carbonyl (C=O) groups is 2. The van der Waals surface area contributed by atoms with Crippen LogP contribution in [0.25, 0.3) is 0 Å². The van der Waals surface area contributed by atoms with Crippen LogP contribution in [0.4, 0.5) is 0 Å². The van der Waals surface area contributed by atoms with E-state index in [2.05, 4.69) is 19.9 Å². The Morgan fingerprint density at radius 3 is 2.51 bits per heavy atom. The molecule has 0 aromatic carbocycles. The molecule has 9 heteroatoms. The molecule has 0 aromatic rings. The summed E-state index contributed by atoms with van der Waals surface area (Å²) in [7, 11) is 0. The molecule has 35 heavy (non-hydrogen) atoms. The van der Waals surface area contributed by atoms with E-state index in [1.807, 2.05) is 0 Å². The van der Waals surface area contributed by atoms with Crippen molar-refractivity contribution >= 4 is 11.9 Å². The number of rotatable bonds is 4.